The van der Waals surface area contributed by atoms with Crippen molar-refractivity contribution in [3.05, 3.63) is 46.3 Å². The van der Waals surface area contributed by atoms with Crippen molar-refractivity contribution >= 4 is 16.9 Å². The second kappa shape index (κ2) is 4.85. The number of hydrogen-bond acceptors (Lipinski definition) is 4. The van der Waals surface area contributed by atoms with Crippen molar-refractivity contribution in [1.82, 2.24) is 10.6 Å². The molecule has 0 unspecified atom stereocenters. The van der Waals surface area contributed by atoms with E-state index >= 15 is 0 Å². The lowest BCUT2D eigenvalue weighted by atomic mass is 10.1. The van der Waals surface area contributed by atoms with Crippen LogP contribution in [0.15, 0.2) is 39.5 Å². The molecule has 1 aromatic heterocycles. The van der Waals surface area contributed by atoms with Crippen molar-refractivity contribution < 1.29 is 9.21 Å². The third-order valence-electron chi connectivity index (χ3n) is 3.28. The topological polar surface area (TPSA) is 71.3 Å². The first-order valence-electron chi connectivity index (χ1n) is 6.28. The zero-order valence-electron chi connectivity index (χ0n) is 10.3. The minimum Gasteiger partial charge on any atom is -0.422 e. The van der Waals surface area contributed by atoms with Crippen LogP contribution in [0.4, 0.5) is 0 Å². The Morgan fingerprint density at radius 1 is 1.37 bits per heavy atom. The molecule has 1 fully saturated rings. The third-order valence-corrected chi connectivity index (χ3v) is 3.28. The van der Waals surface area contributed by atoms with Crippen molar-refractivity contribution in [2.24, 2.45) is 0 Å². The summed E-state index contributed by atoms with van der Waals surface area (Å²) < 4.78 is 5.15. The molecule has 19 heavy (non-hydrogen) atoms. The molecule has 1 aliphatic rings. The highest BCUT2D eigenvalue weighted by atomic mass is 16.4. The summed E-state index contributed by atoms with van der Waals surface area (Å²) in [5.41, 5.74) is -0.0423. The summed E-state index contributed by atoms with van der Waals surface area (Å²) >= 11 is 0. The van der Waals surface area contributed by atoms with Gasteiger partial charge >= 0.3 is 5.63 Å². The van der Waals surface area contributed by atoms with Crippen LogP contribution in [0.3, 0.4) is 0 Å². The number of carbonyl (C=O) groups excluding carboxylic acids is 1. The Morgan fingerprint density at radius 2 is 2.21 bits per heavy atom. The van der Waals surface area contributed by atoms with Gasteiger partial charge in [0.1, 0.15) is 11.1 Å². The predicted octanol–water partition coefficient (Wildman–Crippen LogP) is 0.885. The summed E-state index contributed by atoms with van der Waals surface area (Å²) in [5, 5.41) is 6.74. The fourth-order valence-electron chi connectivity index (χ4n) is 2.26. The van der Waals surface area contributed by atoms with Gasteiger partial charge < -0.3 is 15.1 Å². The lowest BCUT2D eigenvalue weighted by Crippen LogP contribution is -2.38. The summed E-state index contributed by atoms with van der Waals surface area (Å²) in [6, 6.07) is 8.81. The van der Waals surface area contributed by atoms with Gasteiger partial charge in [0, 0.05) is 18.0 Å². The molecular weight excluding hydrogens is 244 g/mol. The molecule has 1 amide bonds. The minimum absolute atomic E-state index is 0.0607. The lowest BCUT2D eigenvalue weighted by Gasteiger charge is -2.10. The van der Waals surface area contributed by atoms with Crippen molar-refractivity contribution in [2.45, 2.75) is 12.5 Å². The SMILES string of the molecule is O=C(N[C@@H]1CCNC1)c1cc2ccccc2oc1=O. The molecule has 2 N–H and O–H groups in total. The van der Waals surface area contributed by atoms with Gasteiger partial charge in [0.15, 0.2) is 0 Å². The lowest BCUT2D eigenvalue weighted by molar-refractivity contribution is 0.0936. The van der Waals surface area contributed by atoms with Crippen LogP contribution in [0.5, 0.6) is 0 Å². The zero-order valence-corrected chi connectivity index (χ0v) is 10.3. The molecule has 1 aliphatic heterocycles. The summed E-state index contributed by atoms with van der Waals surface area (Å²) in [4.78, 5) is 23.9. The number of para-hydroxylation sites is 1. The molecule has 1 saturated heterocycles. The maximum absolute atomic E-state index is 12.1. The van der Waals surface area contributed by atoms with Gasteiger partial charge in [-0.1, -0.05) is 18.2 Å². The molecule has 0 aliphatic carbocycles. The molecule has 5 nitrogen and oxygen atoms in total. The monoisotopic (exact) mass is 258 g/mol. The number of fused-ring (bicyclic) bond motifs is 1. The van der Waals surface area contributed by atoms with E-state index in [1.165, 1.54) is 0 Å². The van der Waals surface area contributed by atoms with Crippen LogP contribution in [0, 0.1) is 0 Å². The molecule has 1 atom stereocenters. The van der Waals surface area contributed by atoms with Crippen molar-refractivity contribution in [2.75, 3.05) is 13.1 Å². The van der Waals surface area contributed by atoms with Crippen LogP contribution in [0.25, 0.3) is 11.0 Å². The Morgan fingerprint density at radius 3 is 3.00 bits per heavy atom. The maximum Gasteiger partial charge on any atom is 0.349 e. The number of rotatable bonds is 2. The van der Waals surface area contributed by atoms with E-state index in [1.807, 2.05) is 12.1 Å². The Bertz CT molecular complexity index is 672. The van der Waals surface area contributed by atoms with Gasteiger partial charge in [-0.3, -0.25) is 4.79 Å². The fourth-order valence-corrected chi connectivity index (χ4v) is 2.26. The van der Waals surface area contributed by atoms with Gasteiger partial charge in [-0.25, -0.2) is 4.79 Å². The predicted molar refractivity (Wildman–Crippen MR) is 71.2 cm³/mol. The molecule has 98 valence electrons. The van der Waals surface area contributed by atoms with E-state index in [-0.39, 0.29) is 17.5 Å². The molecule has 0 bridgehead atoms. The Balaban J connectivity index is 1.92. The first-order chi connectivity index (χ1) is 9.24. The van der Waals surface area contributed by atoms with Crippen LogP contribution < -0.4 is 16.3 Å². The van der Waals surface area contributed by atoms with Crippen LogP contribution >= 0.6 is 0 Å². The molecule has 0 radical (unpaired) electrons. The highest BCUT2D eigenvalue weighted by molar-refractivity contribution is 5.96. The van der Waals surface area contributed by atoms with E-state index in [1.54, 1.807) is 18.2 Å². The highest BCUT2D eigenvalue weighted by Gasteiger charge is 2.20. The van der Waals surface area contributed by atoms with Crippen molar-refractivity contribution in [3.63, 3.8) is 0 Å². The fraction of sp³-hybridized carbons (Fsp3) is 0.286. The van der Waals surface area contributed by atoms with E-state index in [0.29, 0.717) is 5.58 Å². The number of amides is 1. The highest BCUT2D eigenvalue weighted by Crippen LogP contribution is 2.12. The Kier molecular flexibility index (Phi) is 3.05. The summed E-state index contributed by atoms with van der Waals surface area (Å²) in [5.74, 6) is -0.367. The Labute approximate surface area is 109 Å². The molecule has 3 rings (SSSR count). The van der Waals surface area contributed by atoms with Gasteiger partial charge in [-0.05, 0) is 25.1 Å². The average molecular weight is 258 g/mol. The second-order valence-corrected chi connectivity index (χ2v) is 4.65. The van der Waals surface area contributed by atoms with E-state index in [2.05, 4.69) is 10.6 Å². The van der Waals surface area contributed by atoms with Gasteiger partial charge in [-0.15, -0.1) is 0 Å². The van der Waals surface area contributed by atoms with Gasteiger partial charge in [0.2, 0.25) is 0 Å². The summed E-state index contributed by atoms with van der Waals surface area (Å²) in [6.07, 6.45) is 0.880. The smallest absolute Gasteiger partial charge is 0.349 e. The normalized spacial score (nSPS) is 18.6. The van der Waals surface area contributed by atoms with Gasteiger partial charge in [0.25, 0.3) is 5.91 Å². The largest absolute Gasteiger partial charge is 0.422 e. The van der Waals surface area contributed by atoms with Crippen molar-refractivity contribution in [1.29, 1.82) is 0 Å². The first-order valence-corrected chi connectivity index (χ1v) is 6.28. The molecular formula is C14H14N2O3. The van der Waals surface area contributed by atoms with E-state index < -0.39 is 5.63 Å². The molecule has 2 heterocycles. The molecule has 0 spiro atoms. The van der Waals surface area contributed by atoms with Gasteiger partial charge in [-0.2, -0.15) is 0 Å². The zero-order chi connectivity index (χ0) is 13.2. The minimum atomic E-state index is -0.595. The summed E-state index contributed by atoms with van der Waals surface area (Å²) in [6.45, 7) is 1.63. The number of hydrogen-bond donors (Lipinski definition) is 2. The van der Waals surface area contributed by atoms with E-state index in [4.69, 9.17) is 4.42 Å². The van der Waals surface area contributed by atoms with Crippen LogP contribution in [-0.2, 0) is 0 Å². The maximum atomic E-state index is 12.1. The van der Waals surface area contributed by atoms with Crippen LogP contribution in [0.2, 0.25) is 0 Å². The first kappa shape index (κ1) is 11.9. The average Bonchev–Trinajstić information content (AvgIpc) is 2.90. The van der Waals surface area contributed by atoms with E-state index in [9.17, 15) is 9.59 Å². The molecule has 0 saturated carbocycles. The van der Waals surface area contributed by atoms with E-state index in [0.717, 1.165) is 24.9 Å². The number of carbonyl (C=O) groups is 1. The van der Waals surface area contributed by atoms with Crippen LogP contribution in [-0.4, -0.2) is 25.0 Å². The standard InChI is InChI=1S/C14H14N2O3/c17-13(16-10-5-6-15-8-10)11-7-9-3-1-2-4-12(9)19-14(11)18/h1-4,7,10,15H,5-6,8H2,(H,16,17)/t10-/m1/s1. The number of nitrogens with one attached hydrogen (secondary N) is 2. The second-order valence-electron chi connectivity index (χ2n) is 4.65. The molecule has 2 aromatic rings. The molecule has 5 heteroatoms. The van der Waals surface area contributed by atoms with Gasteiger partial charge in [0.05, 0.1) is 0 Å². The third kappa shape index (κ3) is 2.37. The quantitative estimate of drug-likeness (QED) is 0.785. The number of benzene rings is 1. The Hall–Kier alpha value is -2.14. The summed E-state index contributed by atoms with van der Waals surface area (Å²) in [7, 11) is 0. The van der Waals surface area contributed by atoms with Crippen LogP contribution in [0.1, 0.15) is 16.8 Å². The van der Waals surface area contributed by atoms with Crippen molar-refractivity contribution in [3.8, 4) is 0 Å². The molecule has 1 aromatic carbocycles.